The zero-order valence-corrected chi connectivity index (χ0v) is 14.1. The zero-order chi connectivity index (χ0) is 19.3. The van der Waals surface area contributed by atoms with Crippen LogP contribution in [0.25, 0.3) is 0 Å². The van der Waals surface area contributed by atoms with Crippen LogP contribution in [0.15, 0.2) is 30.3 Å². The van der Waals surface area contributed by atoms with Crippen LogP contribution in [0.4, 0.5) is 18.9 Å². The molecule has 0 aromatic heterocycles. The molecule has 138 valence electrons. The van der Waals surface area contributed by atoms with E-state index in [0.717, 1.165) is 17.2 Å². The number of carbonyl (C=O) groups excluding carboxylic acids is 2. The minimum Gasteiger partial charge on any atom is -0.482 e. The Morgan fingerprint density at radius 3 is 2.38 bits per heavy atom. The Kier molecular flexibility index (Phi) is 6.21. The highest BCUT2D eigenvalue weighted by Crippen LogP contribution is 2.19. The Morgan fingerprint density at radius 2 is 1.69 bits per heavy atom. The van der Waals surface area contributed by atoms with Gasteiger partial charge < -0.3 is 14.8 Å². The molecule has 0 spiro atoms. The first kappa shape index (κ1) is 19.3. The Balaban J connectivity index is 1.80. The average Bonchev–Trinajstić information content (AvgIpc) is 2.61. The minimum absolute atomic E-state index is 0.421. The molecule has 2 aromatic rings. The maximum atomic E-state index is 13.4. The number of carbonyl (C=O) groups is 2. The number of halogens is 3. The summed E-state index contributed by atoms with van der Waals surface area (Å²) < 4.78 is 49.2. The predicted octanol–water partition coefficient (Wildman–Crippen LogP) is 3.28. The molecule has 1 amide bonds. The standard InChI is InChI=1S/C18H16F3NO4/c1-10-3-4-12(7-11(10)2)25-9-16(24)26-8-15(23)22-14-6-5-13(19)17(20)18(14)21/h3-7H,8-9H2,1-2H3,(H,22,23). The van der Waals surface area contributed by atoms with Gasteiger partial charge in [-0.05, 0) is 49.2 Å². The van der Waals surface area contributed by atoms with Crippen molar-refractivity contribution in [2.45, 2.75) is 13.8 Å². The molecule has 26 heavy (non-hydrogen) atoms. The first-order valence-electron chi connectivity index (χ1n) is 7.57. The summed E-state index contributed by atoms with van der Waals surface area (Å²) in [6, 6.07) is 6.79. The molecule has 0 aliphatic carbocycles. The molecule has 0 aliphatic rings. The van der Waals surface area contributed by atoms with E-state index in [-0.39, 0.29) is 0 Å². The first-order chi connectivity index (χ1) is 12.3. The summed E-state index contributed by atoms with van der Waals surface area (Å²) in [6.07, 6.45) is 0. The molecule has 0 fully saturated rings. The van der Waals surface area contributed by atoms with Gasteiger partial charge in [0, 0.05) is 0 Å². The molecule has 0 atom stereocenters. The number of esters is 1. The minimum atomic E-state index is -1.71. The third-order valence-corrected chi connectivity index (χ3v) is 3.51. The smallest absolute Gasteiger partial charge is 0.344 e. The lowest BCUT2D eigenvalue weighted by Crippen LogP contribution is -2.24. The van der Waals surface area contributed by atoms with Crippen molar-refractivity contribution >= 4 is 17.6 Å². The Labute approximate surface area is 147 Å². The van der Waals surface area contributed by atoms with Gasteiger partial charge in [-0.15, -0.1) is 0 Å². The third kappa shape index (κ3) is 4.98. The lowest BCUT2D eigenvalue weighted by molar-refractivity contribution is -0.149. The number of hydrogen-bond acceptors (Lipinski definition) is 4. The zero-order valence-electron chi connectivity index (χ0n) is 14.1. The molecule has 0 radical (unpaired) electrons. The molecule has 2 aromatic carbocycles. The number of benzene rings is 2. The van der Waals surface area contributed by atoms with Crippen molar-refractivity contribution in [1.29, 1.82) is 0 Å². The molecule has 0 aliphatic heterocycles. The summed E-state index contributed by atoms with van der Waals surface area (Å²) in [4.78, 5) is 23.2. The van der Waals surface area contributed by atoms with E-state index in [9.17, 15) is 22.8 Å². The van der Waals surface area contributed by atoms with Crippen LogP contribution < -0.4 is 10.1 Å². The fraction of sp³-hybridized carbons (Fsp3) is 0.222. The van der Waals surface area contributed by atoms with Gasteiger partial charge in [0.25, 0.3) is 5.91 Å². The van der Waals surface area contributed by atoms with Gasteiger partial charge in [0.15, 0.2) is 30.7 Å². The number of ether oxygens (including phenoxy) is 2. The lowest BCUT2D eigenvalue weighted by atomic mass is 10.1. The lowest BCUT2D eigenvalue weighted by Gasteiger charge is -2.09. The number of anilines is 1. The molecule has 2 rings (SSSR count). The van der Waals surface area contributed by atoms with Crippen LogP contribution in [0.2, 0.25) is 0 Å². The Bertz CT molecular complexity index is 839. The van der Waals surface area contributed by atoms with E-state index >= 15 is 0 Å². The van der Waals surface area contributed by atoms with E-state index in [4.69, 9.17) is 4.74 Å². The summed E-state index contributed by atoms with van der Waals surface area (Å²) >= 11 is 0. The molecule has 5 nitrogen and oxygen atoms in total. The van der Waals surface area contributed by atoms with Gasteiger partial charge in [0.2, 0.25) is 0 Å². The van der Waals surface area contributed by atoms with Crippen molar-refractivity contribution < 1.29 is 32.2 Å². The molecular weight excluding hydrogens is 351 g/mol. The van der Waals surface area contributed by atoms with E-state index < -0.39 is 48.2 Å². The molecule has 0 saturated heterocycles. The second-order valence-electron chi connectivity index (χ2n) is 5.47. The molecule has 0 bridgehead atoms. The van der Waals surface area contributed by atoms with E-state index in [1.807, 2.05) is 25.2 Å². The SMILES string of the molecule is Cc1ccc(OCC(=O)OCC(=O)Nc2ccc(F)c(F)c2F)cc1C. The van der Waals surface area contributed by atoms with E-state index in [2.05, 4.69) is 4.74 Å². The van der Waals surface area contributed by atoms with Crippen molar-refractivity contribution in [3.8, 4) is 5.75 Å². The summed E-state index contributed by atoms with van der Waals surface area (Å²) in [6.45, 7) is 2.67. The largest absolute Gasteiger partial charge is 0.482 e. The van der Waals surface area contributed by atoms with Gasteiger partial charge in [0.05, 0.1) is 5.69 Å². The van der Waals surface area contributed by atoms with Gasteiger partial charge >= 0.3 is 5.97 Å². The van der Waals surface area contributed by atoms with Crippen LogP contribution in [-0.4, -0.2) is 25.1 Å². The monoisotopic (exact) mass is 367 g/mol. The van der Waals surface area contributed by atoms with E-state index in [1.165, 1.54) is 0 Å². The van der Waals surface area contributed by atoms with Crippen molar-refractivity contribution in [3.63, 3.8) is 0 Å². The average molecular weight is 367 g/mol. The second kappa shape index (κ2) is 8.37. The summed E-state index contributed by atoms with van der Waals surface area (Å²) in [7, 11) is 0. The van der Waals surface area contributed by atoms with Crippen molar-refractivity contribution in [1.82, 2.24) is 0 Å². The van der Waals surface area contributed by atoms with Crippen molar-refractivity contribution in [2.24, 2.45) is 0 Å². The predicted molar refractivity (Wildman–Crippen MR) is 87.3 cm³/mol. The van der Waals surface area contributed by atoms with Crippen molar-refractivity contribution in [3.05, 3.63) is 58.9 Å². The van der Waals surface area contributed by atoms with Crippen LogP contribution in [0.5, 0.6) is 5.75 Å². The van der Waals surface area contributed by atoms with Gasteiger partial charge in [0.1, 0.15) is 5.75 Å². The second-order valence-corrected chi connectivity index (χ2v) is 5.47. The first-order valence-corrected chi connectivity index (χ1v) is 7.57. The normalized spacial score (nSPS) is 10.3. The maximum Gasteiger partial charge on any atom is 0.344 e. The fourth-order valence-electron chi connectivity index (χ4n) is 1.94. The van der Waals surface area contributed by atoms with Crippen LogP contribution in [0, 0.1) is 31.3 Å². The third-order valence-electron chi connectivity index (χ3n) is 3.51. The quantitative estimate of drug-likeness (QED) is 0.629. The molecule has 0 saturated carbocycles. The number of hydrogen-bond donors (Lipinski definition) is 1. The highest BCUT2D eigenvalue weighted by molar-refractivity contribution is 5.93. The fourth-order valence-corrected chi connectivity index (χ4v) is 1.94. The molecule has 0 heterocycles. The number of amides is 1. The Hall–Kier alpha value is -3.03. The van der Waals surface area contributed by atoms with Gasteiger partial charge in [-0.25, -0.2) is 18.0 Å². The van der Waals surface area contributed by atoms with Crippen LogP contribution in [0.3, 0.4) is 0 Å². The Morgan fingerprint density at radius 1 is 0.962 bits per heavy atom. The van der Waals surface area contributed by atoms with Gasteiger partial charge in [-0.1, -0.05) is 6.07 Å². The van der Waals surface area contributed by atoms with Crippen LogP contribution in [0.1, 0.15) is 11.1 Å². The number of nitrogens with one attached hydrogen (secondary N) is 1. The van der Waals surface area contributed by atoms with Crippen LogP contribution >= 0.6 is 0 Å². The number of rotatable bonds is 6. The van der Waals surface area contributed by atoms with E-state index in [0.29, 0.717) is 11.8 Å². The van der Waals surface area contributed by atoms with Crippen molar-refractivity contribution in [2.75, 3.05) is 18.5 Å². The van der Waals surface area contributed by atoms with Gasteiger partial charge in [-0.2, -0.15) is 0 Å². The molecule has 0 unspecified atom stereocenters. The highest BCUT2D eigenvalue weighted by atomic mass is 19.2. The summed E-state index contributed by atoms with van der Waals surface area (Å²) in [5.74, 6) is -5.88. The maximum absolute atomic E-state index is 13.4. The van der Waals surface area contributed by atoms with E-state index in [1.54, 1.807) is 12.1 Å². The summed E-state index contributed by atoms with van der Waals surface area (Å²) in [5.41, 5.74) is 1.50. The molecule has 1 N–H and O–H groups in total. The molecule has 8 heteroatoms. The summed E-state index contributed by atoms with van der Waals surface area (Å²) in [5, 5.41) is 1.98. The number of aryl methyl sites for hydroxylation is 2. The topological polar surface area (TPSA) is 64.6 Å². The highest BCUT2D eigenvalue weighted by Gasteiger charge is 2.16. The van der Waals surface area contributed by atoms with Gasteiger partial charge in [-0.3, -0.25) is 4.79 Å². The molecular formula is C18H16F3NO4. The van der Waals surface area contributed by atoms with Crippen LogP contribution in [-0.2, 0) is 14.3 Å².